The largest absolute Gasteiger partial charge is 0.345 e. The molecule has 0 heterocycles. The van der Waals surface area contributed by atoms with Gasteiger partial charge >= 0.3 is 0 Å². The molecule has 0 saturated heterocycles. The molecular weight excluding hydrogens is 127 g/mol. The molecule has 0 radical (unpaired) electrons. The van der Waals surface area contributed by atoms with Crippen molar-refractivity contribution in [3.8, 4) is 0 Å². The van der Waals surface area contributed by atoms with Crippen molar-refractivity contribution >= 4 is 7.37 Å². The Kier molecular flexibility index (Phi) is 6.00. The summed E-state index contributed by atoms with van der Waals surface area (Å²) in [7, 11) is -2.64. The van der Waals surface area contributed by atoms with Gasteiger partial charge in [-0.05, 0) is 0 Å². The zero-order chi connectivity index (χ0) is 4.50. The maximum Gasteiger partial charge on any atom is 0.194 e. The van der Waals surface area contributed by atoms with E-state index in [1.165, 1.54) is 13.3 Å². The summed E-state index contributed by atoms with van der Waals surface area (Å²) in [5, 5.41) is 0. The van der Waals surface area contributed by atoms with E-state index in [1.54, 1.807) is 0 Å². The van der Waals surface area contributed by atoms with Crippen LogP contribution in [0.25, 0.3) is 0 Å². The Hall–Kier alpha value is 1.45. The summed E-state index contributed by atoms with van der Waals surface area (Å²) >= 11 is 0. The number of hydrogen-bond acceptors (Lipinski definition) is 1. The first kappa shape index (κ1) is 10.4. The third kappa shape index (κ3) is 51.3. The Morgan fingerprint density at radius 3 is 1.50 bits per heavy atom. The molecule has 0 aromatic rings. The summed E-state index contributed by atoms with van der Waals surface area (Å²) in [5.74, 6) is 0. The van der Waals surface area contributed by atoms with E-state index >= 15 is 0 Å². The minimum atomic E-state index is -2.64. The van der Waals surface area contributed by atoms with Crippen LogP contribution in [0.15, 0.2) is 0 Å². The van der Waals surface area contributed by atoms with Crippen molar-refractivity contribution in [3.63, 3.8) is 0 Å². The Bertz CT molecular complexity index is 57.7. The fourth-order valence-corrected chi connectivity index (χ4v) is 0. The van der Waals surface area contributed by atoms with Crippen LogP contribution in [0.1, 0.15) is 0 Å². The standard InChI is InChI=1S/C2H7O2P.Ar/c1-5(2,3)4;/h1-2H3,(H,3,4);. The zero-order valence-corrected chi connectivity index (χ0v) is 5.26. The average Bonchev–Trinajstić information content (AvgIpc) is 0.722. The van der Waals surface area contributed by atoms with E-state index in [2.05, 4.69) is 0 Å². The second-order valence-corrected chi connectivity index (χ2v) is 3.88. The predicted molar refractivity (Wildman–Crippen MR) is 21.7 cm³/mol. The van der Waals surface area contributed by atoms with Crippen molar-refractivity contribution in [2.24, 2.45) is 0 Å². The van der Waals surface area contributed by atoms with Crippen molar-refractivity contribution < 1.29 is 47.2 Å². The summed E-state index contributed by atoms with van der Waals surface area (Å²) in [6.45, 7) is 2.60. The van der Waals surface area contributed by atoms with Crippen LogP contribution in [0.2, 0.25) is 0 Å². The van der Waals surface area contributed by atoms with Crippen molar-refractivity contribution in [2.75, 3.05) is 13.3 Å². The van der Waals surface area contributed by atoms with Crippen LogP contribution in [0, 0.1) is 37.7 Å². The van der Waals surface area contributed by atoms with Gasteiger partial charge in [-0.1, -0.05) is 0 Å². The summed E-state index contributed by atoms with van der Waals surface area (Å²) in [6.07, 6.45) is 0. The predicted octanol–water partition coefficient (Wildman–Crippen LogP) is 0.516. The van der Waals surface area contributed by atoms with Gasteiger partial charge in [0.05, 0.1) is 0 Å². The fourth-order valence-electron chi connectivity index (χ4n) is 0. The van der Waals surface area contributed by atoms with Crippen molar-refractivity contribution in [1.82, 2.24) is 0 Å². The number of rotatable bonds is 0. The molecule has 0 aliphatic carbocycles. The molecule has 0 unspecified atom stereocenters. The van der Waals surface area contributed by atoms with Crippen molar-refractivity contribution in [1.29, 1.82) is 0 Å². The number of hydrogen-bond donors (Lipinski definition) is 1. The first-order valence-electron chi connectivity index (χ1n) is 1.28. The maximum atomic E-state index is 9.77. The van der Waals surface area contributed by atoms with Crippen LogP contribution in [-0.4, -0.2) is 18.2 Å². The first-order valence-corrected chi connectivity index (χ1v) is 3.83. The first-order chi connectivity index (χ1) is 2.00. The molecule has 40 valence electrons. The fraction of sp³-hybridized carbons (Fsp3) is 1.00. The summed E-state index contributed by atoms with van der Waals surface area (Å²) in [5.41, 5.74) is 0. The molecule has 0 aliphatic heterocycles. The van der Waals surface area contributed by atoms with E-state index in [-0.39, 0.29) is 37.7 Å². The molecule has 0 bridgehead atoms. The van der Waals surface area contributed by atoms with Crippen LogP contribution >= 0.6 is 7.37 Å². The van der Waals surface area contributed by atoms with Crippen LogP contribution in [0.3, 0.4) is 0 Å². The normalized spacial score (nSPS) is 9.83. The summed E-state index contributed by atoms with van der Waals surface area (Å²) < 4.78 is 9.77. The van der Waals surface area contributed by atoms with E-state index in [0.717, 1.165) is 0 Å². The Morgan fingerprint density at radius 2 is 1.50 bits per heavy atom. The monoisotopic (exact) mass is 134 g/mol. The Morgan fingerprint density at radius 1 is 1.50 bits per heavy atom. The van der Waals surface area contributed by atoms with E-state index in [9.17, 15) is 4.57 Å². The third-order valence-electron chi connectivity index (χ3n) is 0. The SMILES string of the molecule is CP(C)(=O)O.[Ar]. The van der Waals surface area contributed by atoms with Gasteiger partial charge in [0.2, 0.25) is 0 Å². The molecule has 0 fully saturated rings. The van der Waals surface area contributed by atoms with Crippen LogP contribution in [-0.2, 0) is 4.57 Å². The van der Waals surface area contributed by atoms with Gasteiger partial charge in [0.15, 0.2) is 7.37 Å². The second kappa shape index (κ2) is 3.45. The molecule has 0 rings (SSSR count). The average molecular weight is 134 g/mol. The van der Waals surface area contributed by atoms with Gasteiger partial charge < -0.3 is 4.89 Å². The van der Waals surface area contributed by atoms with E-state index < -0.39 is 7.37 Å². The smallest absolute Gasteiger partial charge is 0.194 e. The van der Waals surface area contributed by atoms with E-state index in [1.807, 2.05) is 0 Å². The van der Waals surface area contributed by atoms with Crippen molar-refractivity contribution in [3.05, 3.63) is 0 Å². The Labute approximate surface area is 67.4 Å². The van der Waals surface area contributed by atoms with Crippen molar-refractivity contribution in [2.45, 2.75) is 0 Å². The molecule has 2 nitrogen and oxygen atoms in total. The molecular formula is C2H7ArO2P. The molecule has 0 aromatic carbocycles. The molecule has 0 spiro atoms. The quantitative estimate of drug-likeness (QED) is 0.490. The summed E-state index contributed by atoms with van der Waals surface area (Å²) in [6, 6.07) is 0. The molecule has 6 heavy (non-hydrogen) atoms. The molecule has 0 saturated carbocycles. The molecule has 0 amide bonds. The molecule has 0 atom stereocenters. The van der Waals surface area contributed by atoms with Gasteiger partial charge in [0, 0.05) is 51.1 Å². The van der Waals surface area contributed by atoms with Crippen LogP contribution < -0.4 is 0 Å². The van der Waals surface area contributed by atoms with Gasteiger partial charge in [0.1, 0.15) is 0 Å². The minimum absolute atomic E-state index is 0. The minimum Gasteiger partial charge on any atom is -0.345 e. The maximum absolute atomic E-state index is 9.77. The Balaban J connectivity index is 0. The second-order valence-electron chi connectivity index (χ2n) is 1.29. The van der Waals surface area contributed by atoms with Gasteiger partial charge in [-0.15, -0.1) is 0 Å². The van der Waals surface area contributed by atoms with Gasteiger partial charge in [0.25, 0.3) is 0 Å². The van der Waals surface area contributed by atoms with E-state index in [0.29, 0.717) is 0 Å². The van der Waals surface area contributed by atoms with Gasteiger partial charge in [-0.25, -0.2) is 0 Å². The van der Waals surface area contributed by atoms with E-state index in [4.69, 9.17) is 4.89 Å². The van der Waals surface area contributed by atoms with Crippen LogP contribution in [0.4, 0.5) is 0 Å². The molecule has 0 aromatic heterocycles. The third-order valence-corrected chi connectivity index (χ3v) is 0. The van der Waals surface area contributed by atoms with Crippen LogP contribution in [0.5, 0.6) is 0 Å². The zero-order valence-electron chi connectivity index (χ0n) is 3.66. The summed E-state index contributed by atoms with van der Waals surface area (Å²) in [4.78, 5) is 8.08. The van der Waals surface area contributed by atoms with Gasteiger partial charge in [-0.2, -0.15) is 0 Å². The molecule has 0 aliphatic rings. The molecule has 1 N–H and O–H groups in total. The topological polar surface area (TPSA) is 37.3 Å². The molecule has 4 heteroatoms. The van der Waals surface area contributed by atoms with Gasteiger partial charge in [-0.3, -0.25) is 4.57 Å².